The maximum atomic E-state index is 12.2. The molecule has 92 valence electrons. The molecular weight excluding hydrogens is 278 g/mol. The molecule has 0 aromatic heterocycles. The summed E-state index contributed by atoms with van der Waals surface area (Å²) >= 11 is 3.49. The molecule has 2 nitrogen and oxygen atoms in total. The summed E-state index contributed by atoms with van der Waals surface area (Å²) in [4.78, 5) is 12.2. The van der Waals surface area contributed by atoms with Crippen LogP contribution in [0.1, 0.15) is 38.2 Å². The molecule has 0 saturated heterocycles. The maximum absolute atomic E-state index is 12.2. The molecule has 2 rings (SSSR count). The van der Waals surface area contributed by atoms with Gasteiger partial charge in [0.05, 0.1) is 5.69 Å². The number of aryl methyl sites for hydroxylation is 1. The van der Waals surface area contributed by atoms with Crippen molar-refractivity contribution in [1.82, 2.24) is 0 Å². The van der Waals surface area contributed by atoms with E-state index in [1.54, 1.807) is 0 Å². The number of halogens is 1. The van der Waals surface area contributed by atoms with Crippen LogP contribution in [0.5, 0.6) is 0 Å². The molecular formula is C14H18BrNO. The fourth-order valence-electron chi connectivity index (χ4n) is 2.38. The van der Waals surface area contributed by atoms with E-state index in [0.717, 1.165) is 23.0 Å². The van der Waals surface area contributed by atoms with Crippen LogP contribution < -0.4 is 5.32 Å². The van der Waals surface area contributed by atoms with Crippen LogP contribution in [0.2, 0.25) is 0 Å². The number of benzene rings is 1. The lowest BCUT2D eigenvalue weighted by molar-refractivity contribution is -0.124. The molecule has 1 aromatic rings. The number of carbonyl (C=O) groups excluding carboxylic acids is 1. The Morgan fingerprint density at radius 3 is 2.59 bits per heavy atom. The summed E-state index contributed by atoms with van der Waals surface area (Å²) in [5.74, 6) is 0.152. The fraction of sp³-hybridized carbons (Fsp3) is 0.500. The fourth-order valence-corrected chi connectivity index (χ4v) is 2.97. The molecule has 0 heterocycles. The summed E-state index contributed by atoms with van der Waals surface area (Å²) in [6, 6.07) is 5.99. The predicted molar refractivity (Wildman–Crippen MR) is 74.1 cm³/mol. The second-order valence-corrected chi connectivity index (χ2v) is 6.06. The first-order chi connectivity index (χ1) is 8.01. The van der Waals surface area contributed by atoms with Gasteiger partial charge < -0.3 is 5.32 Å². The molecule has 3 heteroatoms. The number of nitrogens with one attached hydrogen (secondary N) is 1. The minimum absolute atomic E-state index is 0.152. The Labute approximate surface area is 111 Å². The lowest BCUT2D eigenvalue weighted by Crippen LogP contribution is -2.30. The van der Waals surface area contributed by atoms with E-state index < -0.39 is 0 Å². The molecule has 1 amide bonds. The van der Waals surface area contributed by atoms with Crippen molar-refractivity contribution in [2.24, 2.45) is 5.41 Å². The van der Waals surface area contributed by atoms with Gasteiger partial charge in [-0.2, -0.15) is 0 Å². The second-order valence-electron chi connectivity index (χ2n) is 5.21. The monoisotopic (exact) mass is 295 g/mol. The second kappa shape index (κ2) is 4.81. The van der Waals surface area contributed by atoms with Gasteiger partial charge in [-0.1, -0.05) is 25.8 Å². The van der Waals surface area contributed by atoms with Crippen LogP contribution in [0.25, 0.3) is 0 Å². The third-order valence-corrected chi connectivity index (χ3v) is 4.28. The normalized spacial score (nSPS) is 18.1. The van der Waals surface area contributed by atoms with Gasteiger partial charge in [0.2, 0.25) is 5.91 Å². The highest BCUT2D eigenvalue weighted by Gasteiger charge is 2.36. The molecule has 1 aliphatic carbocycles. The summed E-state index contributed by atoms with van der Waals surface area (Å²) in [7, 11) is 0. The number of hydrogen-bond acceptors (Lipinski definition) is 1. The lowest BCUT2D eigenvalue weighted by atomic mass is 9.88. The van der Waals surface area contributed by atoms with Gasteiger partial charge in [0.25, 0.3) is 0 Å². The molecule has 1 fully saturated rings. The van der Waals surface area contributed by atoms with Crippen molar-refractivity contribution in [2.45, 2.75) is 39.5 Å². The highest BCUT2D eigenvalue weighted by molar-refractivity contribution is 9.10. The maximum Gasteiger partial charge on any atom is 0.230 e. The van der Waals surface area contributed by atoms with E-state index in [0.29, 0.717) is 0 Å². The van der Waals surface area contributed by atoms with Crippen LogP contribution in [0, 0.1) is 12.3 Å². The van der Waals surface area contributed by atoms with Crippen molar-refractivity contribution >= 4 is 27.5 Å². The van der Waals surface area contributed by atoms with Gasteiger partial charge in [0.15, 0.2) is 0 Å². The Morgan fingerprint density at radius 2 is 2.00 bits per heavy atom. The topological polar surface area (TPSA) is 29.1 Å². The van der Waals surface area contributed by atoms with Gasteiger partial charge in [-0.15, -0.1) is 0 Å². The quantitative estimate of drug-likeness (QED) is 0.867. The highest BCUT2D eigenvalue weighted by atomic mass is 79.9. The SMILES string of the molecule is Cc1ccc(NC(=O)C2(C)CCCC2)c(Br)c1. The van der Waals surface area contributed by atoms with E-state index in [9.17, 15) is 4.79 Å². The van der Waals surface area contributed by atoms with E-state index in [4.69, 9.17) is 0 Å². The van der Waals surface area contributed by atoms with Crippen molar-refractivity contribution < 1.29 is 4.79 Å². The van der Waals surface area contributed by atoms with Crippen LogP contribution in [0.4, 0.5) is 5.69 Å². The summed E-state index contributed by atoms with van der Waals surface area (Å²) in [5.41, 5.74) is 1.88. The average Bonchev–Trinajstić information content (AvgIpc) is 2.71. The Kier molecular flexibility index (Phi) is 3.57. The zero-order valence-electron chi connectivity index (χ0n) is 10.3. The van der Waals surface area contributed by atoms with Gasteiger partial charge >= 0.3 is 0 Å². The van der Waals surface area contributed by atoms with Gasteiger partial charge in [-0.25, -0.2) is 0 Å². The van der Waals surface area contributed by atoms with Crippen molar-refractivity contribution in [3.05, 3.63) is 28.2 Å². The van der Waals surface area contributed by atoms with Crippen molar-refractivity contribution in [3.8, 4) is 0 Å². The summed E-state index contributed by atoms with van der Waals surface area (Å²) < 4.78 is 0.951. The molecule has 1 aliphatic rings. The first kappa shape index (κ1) is 12.6. The van der Waals surface area contributed by atoms with Crippen LogP contribution >= 0.6 is 15.9 Å². The number of hydrogen-bond donors (Lipinski definition) is 1. The molecule has 17 heavy (non-hydrogen) atoms. The average molecular weight is 296 g/mol. The van der Waals surface area contributed by atoms with E-state index in [1.807, 2.05) is 25.1 Å². The molecule has 1 N–H and O–H groups in total. The Bertz CT molecular complexity index is 436. The van der Waals surface area contributed by atoms with Crippen molar-refractivity contribution in [3.63, 3.8) is 0 Å². The number of anilines is 1. The molecule has 0 spiro atoms. The standard InChI is InChI=1S/C14H18BrNO/c1-10-5-6-12(11(15)9-10)16-13(17)14(2)7-3-4-8-14/h5-6,9H,3-4,7-8H2,1-2H3,(H,16,17). The van der Waals surface area contributed by atoms with E-state index in [1.165, 1.54) is 18.4 Å². The third kappa shape index (κ3) is 2.71. The minimum atomic E-state index is -0.176. The summed E-state index contributed by atoms with van der Waals surface area (Å²) in [6.07, 6.45) is 4.34. The molecule has 1 saturated carbocycles. The number of rotatable bonds is 2. The third-order valence-electron chi connectivity index (χ3n) is 3.63. The number of carbonyl (C=O) groups is 1. The van der Waals surface area contributed by atoms with Crippen molar-refractivity contribution in [2.75, 3.05) is 5.32 Å². The van der Waals surface area contributed by atoms with Gasteiger partial charge in [0, 0.05) is 9.89 Å². The van der Waals surface area contributed by atoms with E-state index in [-0.39, 0.29) is 11.3 Å². The Hall–Kier alpha value is -0.830. The smallest absolute Gasteiger partial charge is 0.230 e. The molecule has 0 radical (unpaired) electrons. The van der Waals surface area contributed by atoms with Crippen molar-refractivity contribution in [1.29, 1.82) is 0 Å². The first-order valence-corrected chi connectivity index (χ1v) is 6.88. The van der Waals surface area contributed by atoms with E-state index in [2.05, 4.69) is 28.2 Å². The van der Waals surface area contributed by atoms with Crippen LogP contribution in [-0.4, -0.2) is 5.91 Å². The van der Waals surface area contributed by atoms with Crippen LogP contribution in [0.15, 0.2) is 22.7 Å². The first-order valence-electron chi connectivity index (χ1n) is 6.09. The molecule has 0 bridgehead atoms. The summed E-state index contributed by atoms with van der Waals surface area (Å²) in [6.45, 7) is 4.10. The zero-order chi connectivity index (χ0) is 12.5. The predicted octanol–water partition coefficient (Wildman–Crippen LogP) is 4.28. The molecule has 0 unspecified atom stereocenters. The molecule has 1 aromatic carbocycles. The minimum Gasteiger partial charge on any atom is -0.325 e. The Morgan fingerprint density at radius 1 is 1.35 bits per heavy atom. The lowest BCUT2D eigenvalue weighted by Gasteiger charge is -2.22. The van der Waals surface area contributed by atoms with Crippen LogP contribution in [-0.2, 0) is 4.79 Å². The molecule has 0 atom stereocenters. The van der Waals surface area contributed by atoms with Gasteiger partial charge in [-0.05, 0) is 53.4 Å². The largest absolute Gasteiger partial charge is 0.325 e. The van der Waals surface area contributed by atoms with Gasteiger partial charge in [0.1, 0.15) is 0 Å². The van der Waals surface area contributed by atoms with E-state index >= 15 is 0 Å². The zero-order valence-corrected chi connectivity index (χ0v) is 11.9. The summed E-state index contributed by atoms with van der Waals surface area (Å²) in [5, 5.41) is 3.03. The Balaban J connectivity index is 2.13. The highest BCUT2D eigenvalue weighted by Crippen LogP contribution is 2.39. The van der Waals surface area contributed by atoms with Gasteiger partial charge in [-0.3, -0.25) is 4.79 Å². The van der Waals surface area contributed by atoms with Crippen LogP contribution in [0.3, 0.4) is 0 Å². The molecule has 0 aliphatic heterocycles. The number of amides is 1.